The summed E-state index contributed by atoms with van der Waals surface area (Å²) < 4.78 is 75.5. The molecular weight excluding hydrogens is 593 g/mol. The highest BCUT2D eigenvalue weighted by atomic mass is 15.1. The van der Waals surface area contributed by atoms with Crippen molar-refractivity contribution in [1.29, 1.82) is 0 Å². The summed E-state index contributed by atoms with van der Waals surface area (Å²) in [5.41, 5.74) is 4.72. The Morgan fingerprint density at radius 2 is 1.14 bits per heavy atom. The van der Waals surface area contributed by atoms with Crippen molar-refractivity contribution in [1.82, 2.24) is 9.55 Å². The van der Waals surface area contributed by atoms with Crippen molar-refractivity contribution in [3.05, 3.63) is 169 Å². The molecule has 10 rings (SSSR count). The van der Waals surface area contributed by atoms with Gasteiger partial charge in [-0.2, -0.15) is 0 Å². The minimum atomic E-state index is -0.423. The zero-order chi connectivity index (χ0) is 39.4. The van der Waals surface area contributed by atoms with E-state index in [4.69, 9.17) is 10.5 Å². The number of benzene rings is 9. The maximum Gasteiger partial charge on any atom is 0.114 e. The first-order chi connectivity index (χ1) is 27.6. The molecule has 49 heavy (non-hydrogen) atoms. The van der Waals surface area contributed by atoms with Gasteiger partial charge in [0.15, 0.2) is 0 Å². The molecule has 0 aliphatic carbocycles. The van der Waals surface area contributed by atoms with Crippen molar-refractivity contribution in [2.24, 2.45) is 0 Å². The van der Waals surface area contributed by atoms with Crippen LogP contribution in [0.1, 0.15) is 23.7 Å². The molecule has 10 aromatic rings. The zero-order valence-electron chi connectivity index (χ0n) is 34.6. The maximum absolute atomic E-state index is 9.46. The van der Waals surface area contributed by atoms with Crippen LogP contribution in [0.3, 0.4) is 0 Å². The number of aromatic nitrogens is 2. The Bertz CT molecular complexity index is 3310. The average Bonchev–Trinajstić information content (AvgIpc) is 3.63. The first-order valence-corrected chi connectivity index (χ1v) is 16.5. The van der Waals surface area contributed by atoms with Crippen LogP contribution in [0.25, 0.3) is 92.8 Å². The van der Waals surface area contributed by atoms with Crippen molar-refractivity contribution in [2.75, 3.05) is 0 Å². The Kier molecular flexibility index (Phi) is 4.64. The van der Waals surface area contributed by atoms with Crippen LogP contribution in [0.5, 0.6) is 0 Å². The first-order valence-electron chi connectivity index (χ1n) is 20.5. The highest BCUT2D eigenvalue weighted by Gasteiger charge is 2.19. The molecule has 0 bridgehead atoms. The molecule has 0 spiro atoms. The smallest absolute Gasteiger partial charge is 0.114 e. The van der Waals surface area contributed by atoms with E-state index in [9.17, 15) is 5.48 Å². The molecule has 9 aromatic carbocycles. The number of nitrogens with zero attached hydrogens (tertiary/aromatic N) is 2. The third-order valence-electron chi connectivity index (χ3n) is 9.73. The number of hydrogen-bond acceptors (Lipinski definition) is 1. The maximum atomic E-state index is 9.46. The average molecular weight is 633 g/mol. The summed E-state index contributed by atoms with van der Waals surface area (Å²) in [7, 11) is 0. The predicted octanol–water partition coefficient (Wildman–Crippen LogP) is 12.7. The van der Waals surface area contributed by atoms with E-state index in [-0.39, 0.29) is 45.7 Å². The summed E-state index contributed by atoms with van der Waals surface area (Å²) in [5.74, 6) is 0.938. The van der Waals surface area contributed by atoms with Crippen molar-refractivity contribution in [3.8, 4) is 27.9 Å². The lowest BCUT2D eigenvalue weighted by Crippen LogP contribution is -2.00. The predicted molar refractivity (Wildman–Crippen MR) is 209 cm³/mol. The Morgan fingerprint density at radius 3 is 1.90 bits per heavy atom. The Balaban J connectivity index is 1.35. The Labute approximate surface area is 295 Å². The number of para-hydroxylation sites is 2. The van der Waals surface area contributed by atoms with Crippen molar-refractivity contribution >= 4 is 64.9 Å². The third-order valence-corrected chi connectivity index (χ3v) is 9.73. The standard InChI is InChI=1S/C47H32N2/c1-2-45-48-43-21-11-12-22-44(43)49(45)34-26-25-30-27-33(24-23-31(30)28-34)46-38-17-7-9-19-40(38)47(41-20-10-8-18-39(41)46)42-29-32-13-3-4-14-35(32)36-15-5-6-16-37(36)42/h3-29H,2H2,1H3/i7D,8D,9D,10D,17D,18D,19D,20D. The summed E-state index contributed by atoms with van der Waals surface area (Å²) >= 11 is 0. The quantitative estimate of drug-likeness (QED) is 0.139. The zero-order valence-corrected chi connectivity index (χ0v) is 26.6. The van der Waals surface area contributed by atoms with Crippen LogP contribution in [0.15, 0.2) is 164 Å². The van der Waals surface area contributed by atoms with E-state index in [1.54, 1.807) is 0 Å². The highest BCUT2D eigenvalue weighted by molar-refractivity contribution is 6.26. The van der Waals surface area contributed by atoms with Gasteiger partial charge in [0.05, 0.1) is 22.0 Å². The normalized spacial score (nSPS) is 14.1. The van der Waals surface area contributed by atoms with Crippen LogP contribution < -0.4 is 0 Å². The van der Waals surface area contributed by atoms with E-state index in [2.05, 4.69) is 23.6 Å². The number of rotatable bonds is 4. The van der Waals surface area contributed by atoms with Gasteiger partial charge in [0.1, 0.15) is 5.82 Å². The molecule has 0 saturated carbocycles. The summed E-state index contributed by atoms with van der Waals surface area (Å²) in [6.07, 6.45) is 0.744. The van der Waals surface area contributed by atoms with Crippen LogP contribution in [-0.4, -0.2) is 9.55 Å². The summed E-state index contributed by atoms with van der Waals surface area (Å²) in [6.45, 7) is 2.08. The van der Waals surface area contributed by atoms with E-state index in [0.717, 1.165) is 61.3 Å². The molecule has 0 aliphatic heterocycles. The number of imidazole rings is 1. The lowest BCUT2D eigenvalue weighted by molar-refractivity contribution is 0.909. The van der Waals surface area contributed by atoms with Gasteiger partial charge in [-0.1, -0.05) is 134 Å². The molecule has 0 radical (unpaired) electrons. The lowest BCUT2D eigenvalue weighted by Gasteiger charge is -2.20. The largest absolute Gasteiger partial charge is 0.296 e. The fraction of sp³-hybridized carbons (Fsp3) is 0.0426. The summed E-state index contributed by atoms with van der Waals surface area (Å²) in [5, 5.41) is 6.16. The molecule has 0 amide bonds. The molecule has 2 heteroatoms. The molecular formula is C47H32N2. The summed E-state index contributed by atoms with van der Waals surface area (Å²) in [6, 6.07) is 34.8. The van der Waals surface area contributed by atoms with Crippen LogP contribution in [-0.2, 0) is 6.42 Å². The van der Waals surface area contributed by atoms with Gasteiger partial charge in [-0.05, 0) is 113 Å². The fourth-order valence-electron chi connectivity index (χ4n) is 7.57. The fourth-order valence-corrected chi connectivity index (χ4v) is 7.57. The molecule has 0 N–H and O–H groups in total. The molecule has 1 heterocycles. The van der Waals surface area contributed by atoms with Gasteiger partial charge in [-0.15, -0.1) is 0 Å². The molecule has 1 aromatic heterocycles. The topological polar surface area (TPSA) is 17.8 Å². The van der Waals surface area contributed by atoms with Gasteiger partial charge in [-0.25, -0.2) is 4.98 Å². The van der Waals surface area contributed by atoms with Crippen LogP contribution in [0, 0.1) is 0 Å². The second kappa shape index (κ2) is 10.9. The third kappa shape index (κ3) is 4.24. The van der Waals surface area contributed by atoms with Gasteiger partial charge >= 0.3 is 0 Å². The highest BCUT2D eigenvalue weighted by Crippen LogP contribution is 2.46. The monoisotopic (exact) mass is 632 g/mol. The van der Waals surface area contributed by atoms with E-state index in [0.29, 0.717) is 22.3 Å². The number of hydrogen-bond donors (Lipinski definition) is 0. The molecule has 0 aliphatic rings. The molecule has 0 atom stereocenters. The minimum Gasteiger partial charge on any atom is -0.296 e. The van der Waals surface area contributed by atoms with Crippen LogP contribution >= 0.6 is 0 Å². The second-order valence-corrected chi connectivity index (χ2v) is 12.4. The Morgan fingerprint density at radius 1 is 0.531 bits per heavy atom. The van der Waals surface area contributed by atoms with Gasteiger partial charge in [0.25, 0.3) is 0 Å². The van der Waals surface area contributed by atoms with E-state index < -0.39 is 24.2 Å². The SMILES string of the molecule is [2H]c1c([2H])c([2H])c2c(-c3cc4ccccc4c4ccccc34)c3c([2H])c([2H])c([2H])c([2H])c3c(-c3ccc4cc(-n5c(CC)nc6ccccc65)ccc4c3)c2c1[2H]. The molecule has 0 fully saturated rings. The van der Waals surface area contributed by atoms with E-state index >= 15 is 0 Å². The lowest BCUT2D eigenvalue weighted by atomic mass is 9.83. The number of aryl methyl sites for hydroxylation is 1. The van der Waals surface area contributed by atoms with Crippen molar-refractivity contribution in [3.63, 3.8) is 0 Å². The Hall–Kier alpha value is -6.25. The molecule has 0 unspecified atom stereocenters. The molecule has 0 saturated heterocycles. The van der Waals surface area contributed by atoms with E-state index in [1.165, 1.54) is 0 Å². The van der Waals surface area contributed by atoms with E-state index in [1.807, 2.05) is 103 Å². The summed E-state index contributed by atoms with van der Waals surface area (Å²) in [4.78, 5) is 4.86. The first kappa shape index (κ1) is 20.9. The van der Waals surface area contributed by atoms with Gasteiger partial charge < -0.3 is 0 Å². The van der Waals surface area contributed by atoms with Crippen molar-refractivity contribution < 1.29 is 11.0 Å². The van der Waals surface area contributed by atoms with Gasteiger partial charge in [-0.3, -0.25) is 4.57 Å². The van der Waals surface area contributed by atoms with Gasteiger partial charge in [0, 0.05) is 12.1 Å². The van der Waals surface area contributed by atoms with Crippen molar-refractivity contribution in [2.45, 2.75) is 13.3 Å². The number of fused-ring (bicyclic) bond motifs is 7. The van der Waals surface area contributed by atoms with Gasteiger partial charge in [0.2, 0.25) is 0 Å². The van der Waals surface area contributed by atoms with Crippen LogP contribution in [0.4, 0.5) is 0 Å². The van der Waals surface area contributed by atoms with Crippen LogP contribution in [0.2, 0.25) is 0 Å². The molecule has 230 valence electrons. The minimum absolute atomic E-state index is 0.194. The second-order valence-electron chi connectivity index (χ2n) is 12.4. The molecule has 2 nitrogen and oxygen atoms in total.